The molecule has 0 aliphatic heterocycles. The largest absolute Gasteiger partial charge is 0.459 e. The van der Waals surface area contributed by atoms with Crippen LogP contribution in [0.3, 0.4) is 0 Å². The summed E-state index contributed by atoms with van der Waals surface area (Å²) >= 11 is 2.95. The molecular weight excluding hydrogens is 280 g/mol. The van der Waals surface area contributed by atoms with Gasteiger partial charge >= 0.3 is 5.97 Å². The zero-order valence-electron chi connectivity index (χ0n) is 11.3. The molecule has 2 rings (SSSR count). The van der Waals surface area contributed by atoms with Crippen LogP contribution in [0.5, 0.6) is 0 Å². The number of nitrogens with two attached hydrogens (primary N) is 1. The third kappa shape index (κ3) is 2.79. The van der Waals surface area contributed by atoms with Crippen molar-refractivity contribution >= 4 is 33.6 Å². The number of esters is 1. The highest BCUT2D eigenvalue weighted by Gasteiger charge is 2.23. The standard InChI is InChI=1S/C13H16N2O2S2/c1-6(2)17-13(16)10-9(5-18-12(10)14)11-7(3)19-8(4)15-11/h5-6H,14H2,1-4H3. The zero-order valence-corrected chi connectivity index (χ0v) is 12.9. The minimum absolute atomic E-state index is 0.169. The Morgan fingerprint density at radius 3 is 2.63 bits per heavy atom. The average Bonchev–Trinajstić information content (AvgIpc) is 2.80. The van der Waals surface area contributed by atoms with E-state index in [1.807, 2.05) is 33.1 Å². The van der Waals surface area contributed by atoms with Gasteiger partial charge in [-0.1, -0.05) is 0 Å². The Morgan fingerprint density at radius 1 is 1.42 bits per heavy atom. The third-order valence-corrected chi connectivity index (χ3v) is 4.22. The number of nitrogens with zero attached hydrogens (tertiary/aromatic N) is 1. The fourth-order valence-corrected chi connectivity index (χ4v) is 3.43. The molecule has 0 aliphatic rings. The molecule has 2 heterocycles. The van der Waals surface area contributed by atoms with E-state index in [1.54, 1.807) is 11.3 Å². The maximum absolute atomic E-state index is 12.1. The minimum Gasteiger partial charge on any atom is -0.459 e. The van der Waals surface area contributed by atoms with Gasteiger partial charge in [0.2, 0.25) is 0 Å². The molecule has 2 aromatic rings. The Bertz CT molecular complexity index is 614. The molecule has 102 valence electrons. The van der Waals surface area contributed by atoms with Crippen molar-refractivity contribution < 1.29 is 9.53 Å². The maximum atomic E-state index is 12.1. The third-order valence-electron chi connectivity index (χ3n) is 2.52. The lowest BCUT2D eigenvalue weighted by Gasteiger charge is -2.09. The van der Waals surface area contributed by atoms with Crippen LogP contribution in [-0.2, 0) is 4.74 Å². The highest BCUT2D eigenvalue weighted by atomic mass is 32.1. The molecule has 0 atom stereocenters. The molecule has 0 aromatic carbocycles. The van der Waals surface area contributed by atoms with Gasteiger partial charge in [0.15, 0.2) is 0 Å². The first-order chi connectivity index (χ1) is 8.90. The van der Waals surface area contributed by atoms with Crippen molar-refractivity contribution in [1.29, 1.82) is 0 Å². The fourth-order valence-electron chi connectivity index (χ4n) is 1.81. The topological polar surface area (TPSA) is 65.2 Å². The van der Waals surface area contributed by atoms with Gasteiger partial charge in [-0.05, 0) is 27.7 Å². The van der Waals surface area contributed by atoms with Crippen molar-refractivity contribution in [3.05, 3.63) is 20.8 Å². The van der Waals surface area contributed by atoms with Crippen LogP contribution in [-0.4, -0.2) is 17.1 Å². The summed E-state index contributed by atoms with van der Waals surface area (Å²) in [6.45, 7) is 7.57. The average molecular weight is 296 g/mol. The summed E-state index contributed by atoms with van der Waals surface area (Å²) in [5.41, 5.74) is 7.94. The Hall–Kier alpha value is -1.40. The molecule has 2 N–H and O–H groups in total. The summed E-state index contributed by atoms with van der Waals surface area (Å²) in [6.07, 6.45) is -0.169. The van der Waals surface area contributed by atoms with Gasteiger partial charge < -0.3 is 10.5 Å². The highest BCUT2D eigenvalue weighted by Crippen LogP contribution is 2.37. The Kier molecular flexibility index (Phi) is 3.91. The number of aromatic nitrogens is 1. The van der Waals surface area contributed by atoms with Crippen LogP contribution in [0.1, 0.15) is 34.1 Å². The first kappa shape index (κ1) is 14.0. The number of aryl methyl sites for hydroxylation is 2. The number of thiazole rings is 1. The van der Waals surface area contributed by atoms with Gasteiger partial charge in [-0.15, -0.1) is 22.7 Å². The highest BCUT2D eigenvalue weighted by molar-refractivity contribution is 7.15. The first-order valence-corrected chi connectivity index (χ1v) is 7.62. The number of carbonyl (C=O) groups is 1. The Balaban J connectivity index is 2.48. The van der Waals surface area contributed by atoms with Gasteiger partial charge in [0.05, 0.1) is 16.8 Å². The summed E-state index contributed by atoms with van der Waals surface area (Å²) in [6, 6.07) is 0. The number of thiophene rings is 1. The number of rotatable bonds is 3. The van der Waals surface area contributed by atoms with Crippen LogP contribution in [0.4, 0.5) is 5.00 Å². The molecule has 0 saturated heterocycles. The molecule has 0 amide bonds. The maximum Gasteiger partial charge on any atom is 0.342 e. The van der Waals surface area contributed by atoms with E-state index >= 15 is 0 Å². The van der Waals surface area contributed by atoms with Crippen molar-refractivity contribution in [3.63, 3.8) is 0 Å². The lowest BCUT2D eigenvalue weighted by atomic mass is 10.1. The first-order valence-electron chi connectivity index (χ1n) is 5.92. The molecule has 0 unspecified atom stereocenters. The quantitative estimate of drug-likeness (QED) is 0.878. The smallest absolute Gasteiger partial charge is 0.342 e. The summed E-state index contributed by atoms with van der Waals surface area (Å²) in [7, 11) is 0. The number of anilines is 1. The molecule has 0 radical (unpaired) electrons. The summed E-state index contributed by atoms with van der Waals surface area (Å²) in [4.78, 5) is 17.7. The van der Waals surface area contributed by atoms with Crippen molar-refractivity contribution in [1.82, 2.24) is 4.98 Å². The van der Waals surface area contributed by atoms with Gasteiger partial charge in [-0.25, -0.2) is 9.78 Å². The van der Waals surface area contributed by atoms with Crippen LogP contribution in [0.2, 0.25) is 0 Å². The normalized spacial score (nSPS) is 11.0. The van der Waals surface area contributed by atoms with E-state index in [4.69, 9.17) is 10.5 Å². The molecule has 2 aromatic heterocycles. The second kappa shape index (κ2) is 5.30. The molecule has 0 saturated carbocycles. The van der Waals surface area contributed by atoms with Crippen molar-refractivity contribution in [2.24, 2.45) is 0 Å². The van der Waals surface area contributed by atoms with Crippen molar-refractivity contribution in [3.8, 4) is 11.3 Å². The second-order valence-electron chi connectivity index (χ2n) is 4.48. The van der Waals surface area contributed by atoms with Crippen LogP contribution >= 0.6 is 22.7 Å². The number of ether oxygens (including phenoxy) is 1. The van der Waals surface area contributed by atoms with Gasteiger partial charge in [-0.2, -0.15) is 0 Å². The molecule has 0 aliphatic carbocycles. The Morgan fingerprint density at radius 2 is 2.11 bits per heavy atom. The molecule has 19 heavy (non-hydrogen) atoms. The van der Waals surface area contributed by atoms with E-state index in [2.05, 4.69) is 4.98 Å². The number of nitrogen functional groups attached to an aromatic ring is 1. The van der Waals surface area contributed by atoms with E-state index in [0.29, 0.717) is 10.6 Å². The van der Waals surface area contributed by atoms with Crippen LogP contribution in [0, 0.1) is 13.8 Å². The number of hydrogen-bond donors (Lipinski definition) is 1. The van der Waals surface area contributed by atoms with Crippen molar-refractivity contribution in [2.75, 3.05) is 5.73 Å². The molecule has 0 fully saturated rings. The summed E-state index contributed by atoms with van der Waals surface area (Å²) in [5, 5.41) is 3.32. The van der Waals surface area contributed by atoms with E-state index in [9.17, 15) is 4.79 Å². The van der Waals surface area contributed by atoms with E-state index in [0.717, 1.165) is 21.1 Å². The van der Waals surface area contributed by atoms with Crippen LogP contribution in [0.15, 0.2) is 5.38 Å². The van der Waals surface area contributed by atoms with Crippen LogP contribution < -0.4 is 5.73 Å². The van der Waals surface area contributed by atoms with Gasteiger partial charge in [0.25, 0.3) is 0 Å². The van der Waals surface area contributed by atoms with E-state index in [-0.39, 0.29) is 12.1 Å². The predicted molar refractivity (Wildman–Crippen MR) is 79.9 cm³/mol. The zero-order chi connectivity index (χ0) is 14.2. The van der Waals surface area contributed by atoms with E-state index < -0.39 is 0 Å². The summed E-state index contributed by atoms with van der Waals surface area (Å²) in [5.74, 6) is -0.381. The Labute approximate surface area is 120 Å². The summed E-state index contributed by atoms with van der Waals surface area (Å²) < 4.78 is 5.25. The van der Waals surface area contributed by atoms with Gasteiger partial charge in [0, 0.05) is 15.8 Å². The van der Waals surface area contributed by atoms with Gasteiger partial charge in [0.1, 0.15) is 10.6 Å². The van der Waals surface area contributed by atoms with Crippen LogP contribution in [0.25, 0.3) is 11.3 Å². The molecule has 0 bridgehead atoms. The van der Waals surface area contributed by atoms with E-state index in [1.165, 1.54) is 11.3 Å². The predicted octanol–water partition coefficient (Wildman–Crippen LogP) is 3.64. The fraction of sp³-hybridized carbons (Fsp3) is 0.385. The monoisotopic (exact) mass is 296 g/mol. The minimum atomic E-state index is -0.381. The van der Waals surface area contributed by atoms with Crippen molar-refractivity contribution in [2.45, 2.75) is 33.8 Å². The number of hydrogen-bond acceptors (Lipinski definition) is 6. The second-order valence-corrected chi connectivity index (χ2v) is 6.80. The molecule has 0 spiro atoms. The van der Waals surface area contributed by atoms with Gasteiger partial charge in [-0.3, -0.25) is 0 Å². The molecular formula is C13H16N2O2S2. The molecule has 6 heteroatoms. The molecule has 4 nitrogen and oxygen atoms in total. The SMILES string of the molecule is Cc1nc(-c2csc(N)c2C(=O)OC(C)C)c(C)s1. The number of carbonyl (C=O) groups excluding carboxylic acids is 1. The lowest BCUT2D eigenvalue weighted by molar-refractivity contribution is 0.0380. The lowest BCUT2D eigenvalue weighted by Crippen LogP contribution is -2.13.